The van der Waals surface area contributed by atoms with Crippen molar-refractivity contribution in [2.45, 2.75) is 45.2 Å². The van der Waals surface area contributed by atoms with Crippen LogP contribution in [-0.2, 0) is 24.0 Å². The molecule has 0 radical (unpaired) electrons. The minimum absolute atomic E-state index is 0.163. The number of nitrogens with one attached hydrogen (secondary N) is 3. The van der Waals surface area contributed by atoms with E-state index < -0.39 is 41.7 Å². The van der Waals surface area contributed by atoms with Crippen molar-refractivity contribution in [3.8, 4) is 0 Å². The van der Waals surface area contributed by atoms with Crippen LogP contribution in [0.2, 0.25) is 0 Å². The Morgan fingerprint density at radius 1 is 1.08 bits per heavy atom. The Labute approximate surface area is 151 Å². The molecule has 26 heavy (non-hydrogen) atoms. The zero-order valence-electron chi connectivity index (χ0n) is 14.9. The minimum Gasteiger partial charge on any atom is -0.480 e. The lowest BCUT2D eigenvalue weighted by molar-refractivity contribution is -0.142. The number of nitrogens with two attached hydrogens (primary N) is 2. The highest BCUT2D eigenvalue weighted by Crippen LogP contribution is 2.09. The van der Waals surface area contributed by atoms with Crippen LogP contribution >= 0.6 is 0 Å². The topological polar surface area (TPSA) is 194 Å². The molecule has 3 atom stereocenters. The Kier molecular flexibility index (Phi) is 10.6. The van der Waals surface area contributed by atoms with Crippen LogP contribution in [0.5, 0.6) is 0 Å². The smallest absolute Gasteiger partial charge is 0.326 e. The fourth-order valence-corrected chi connectivity index (χ4v) is 1.98. The fourth-order valence-electron chi connectivity index (χ4n) is 1.98. The summed E-state index contributed by atoms with van der Waals surface area (Å²) in [5.74, 6) is -4.14. The first-order chi connectivity index (χ1) is 12.1. The molecular weight excluding hydrogens is 346 g/mol. The summed E-state index contributed by atoms with van der Waals surface area (Å²) in [7, 11) is 0. The third-order valence-corrected chi connectivity index (χ3v) is 3.74. The van der Waals surface area contributed by atoms with E-state index in [1.165, 1.54) is 0 Å². The van der Waals surface area contributed by atoms with Gasteiger partial charge in [-0.3, -0.25) is 19.2 Å². The van der Waals surface area contributed by atoms with Gasteiger partial charge in [-0.2, -0.15) is 0 Å². The van der Waals surface area contributed by atoms with Crippen molar-refractivity contribution in [2.24, 2.45) is 17.4 Å². The molecule has 3 unspecified atom stereocenters. The van der Waals surface area contributed by atoms with E-state index in [0.717, 1.165) is 0 Å². The number of primary amides is 1. The van der Waals surface area contributed by atoms with Gasteiger partial charge in [0.25, 0.3) is 0 Å². The third kappa shape index (κ3) is 8.97. The number of hydrogen-bond acceptors (Lipinski definition) is 6. The van der Waals surface area contributed by atoms with Gasteiger partial charge in [-0.05, 0) is 12.3 Å². The lowest BCUT2D eigenvalue weighted by Gasteiger charge is -2.25. The number of carbonyl (C=O) groups is 5. The van der Waals surface area contributed by atoms with Gasteiger partial charge in [-0.15, -0.1) is 0 Å². The predicted octanol–water partition coefficient (Wildman–Crippen LogP) is -2.57. The Hall–Kier alpha value is -2.69. The Morgan fingerprint density at radius 3 is 2.15 bits per heavy atom. The number of amides is 4. The summed E-state index contributed by atoms with van der Waals surface area (Å²) in [5.41, 5.74) is 10.1. The summed E-state index contributed by atoms with van der Waals surface area (Å²) in [6.07, 6.45) is 0.166. The number of carboxylic acid groups (broad SMARTS) is 1. The van der Waals surface area contributed by atoms with Gasteiger partial charge in [-0.25, -0.2) is 4.79 Å². The molecule has 0 saturated heterocycles. The second kappa shape index (κ2) is 11.8. The lowest BCUT2D eigenvalue weighted by atomic mass is 9.97. The zero-order chi connectivity index (χ0) is 20.3. The molecule has 0 aliphatic heterocycles. The van der Waals surface area contributed by atoms with E-state index in [4.69, 9.17) is 16.6 Å². The molecule has 11 heteroatoms. The van der Waals surface area contributed by atoms with Gasteiger partial charge in [0.15, 0.2) is 0 Å². The highest BCUT2D eigenvalue weighted by molar-refractivity contribution is 5.92. The van der Waals surface area contributed by atoms with E-state index in [1.54, 1.807) is 13.8 Å². The molecule has 0 aliphatic carbocycles. The highest BCUT2D eigenvalue weighted by Gasteiger charge is 2.29. The Balaban J connectivity index is 4.95. The fraction of sp³-hybridized carbons (Fsp3) is 0.667. The first-order valence-corrected chi connectivity index (χ1v) is 8.19. The maximum absolute atomic E-state index is 12.4. The summed E-state index contributed by atoms with van der Waals surface area (Å²) in [5, 5.41) is 16.2. The lowest BCUT2D eigenvalue weighted by Crippen LogP contribution is -2.55. The van der Waals surface area contributed by atoms with Gasteiger partial charge in [0.2, 0.25) is 23.6 Å². The molecule has 148 valence electrons. The van der Waals surface area contributed by atoms with Crippen LogP contribution in [-0.4, -0.2) is 59.9 Å². The second-order valence-electron chi connectivity index (χ2n) is 5.82. The average Bonchev–Trinajstić information content (AvgIpc) is 2.59. The number of hydrogen-bond donors (Lipinski definition) is 6. The normalized spacial score (nSPS) is 13.8. The van der Waals surface area contributed by atoms with Gasteiger partial charge >= 0.3 is 5.97 Å². The molecule has 4 amide bonds. The molecule has 0 aliphatic rings. The molecular formula is C15H27N5O6. The molecule has 0 fully saturated rings. The number of rotatable bonds is 12. The molecule has 0 bridgehead atoms. The average molecular weight is 373 g/mol. The summed E-state index contributed by atoms with van der Waals surface area (Å²) < 4.78 is 0. The van der Waals surface area contributed by atoms with E-state index in [0.29, 0.717) is 6.42 Å². The van der Waals surface area contributed by atoms with Crippen LogP contribution < -0.4 is 27.4 Å². The van der Waals surface area contributed by atoms with E-state index in [1.807, 2.05) is 0 Å². The molecule has 0 aromatic rings. The third-order valence-electron chi connectivity index (χ3n) is 3.74. The van der Waals surface area contributed by atoms with Crippen molar-refractivity contribution in [2.75, 3.05) is 13.1 Å². The predicted molar refractivity (Wildman–Crippen MR) is 91.4 cm³/mol. The maximum atomic E-state index is 12.4. The van der Waals surface area contributed by atoms with Crippen molar-refractivity contribution in [3.05, 3.63) is 0 Å². The van der Waals surface area contributed by atoms with E-state index >= 15 is 0 Å². The molecule has 0 aromatic heterocycles. The molecule has 0 rings (SSSR count). The number of aliphatic carboxylic acids is 1. The molecule has 11 nitrogen and oxygen atoms in total. The monoisotopic (exact) mass is 373 g/mol. The molecule has 0 aromatic carbocycles. The van der Waals surface area contributed by atoms with Crippen LogP contribution in [0.4, 0.5) is 0 Å². The van der Waals surface area contributed by atoms with Gasteiger partial charge < -0.3 is 32.5 Å². The van der Waals surface area contributed by atoms with Crippen molar-refractivity contribution < 1.29 is 29.1 Å². The zero-order valence-corrected chi connectivity index (χ0v) is 14.9. The minimum atomic E-state index is -1.32. The number of carbonyl (C=O) groups excluding carboxylic acids is 4. The Morgan fingerprint density at radius 2 is 1.69 bits per heavy atom. The van der Waals surface area contributed by atoms with Crippen molar-refractivity contribution in [1.29, 1.82) is 0 Å². The molecule has 0 spiro atoms. The van der Waals surface area contributed by atoms with E-state index in [-0.39, 0.29) is 31.8 Å². The van der Waals surface area contributed by atoms with Crippen LogP contribution in [0, 0.1) is 5.92 Å². The summed E-state index contributed by atoms with van der Waals surface area (Å²) >= 11 is 0. The van der Waals surface area contributed by atoms with Gasteiger partial charge in [0.05, 0.1) is 13.1 Å². The van der Waals surface area contributed by atoms with Crippen LogP contribution in [0.25, 0.3) is 0 Å². The quantitative estimate of drug-likeness (QED) is 0.216. The largest absolute Gasteiger partial charge is 0.480 e. The van der Waals surface area contributed by atoms with Gasteiger partial charge in [-0.1, -0.05) is 20.3 Å². The van der Waals surface area contributed by atoms with Crippen LogP contribution in [0.15, 0.2) is 0 Å². The summed E-state index contributed by atoms with van der Waals surface area (Å²) in [4.78, 5) is 57.4. The molecule has 0 heterocycles. The van der Waals surface area contributed by atoms with E-state index in [2.05, 4.69) is 16.0 Å². The Bertz CT molecular complexity index is 539. The molecule has 0 saturated carbocycles. The first-order valence-electron chi connectivity index (χ1n) is 8.19. The standard InChI is InChI=1S/C15H27N5O6/c1-3-8(2)13(20-12(23)7-18-11(22)6-16)14(24)19-9(15(25)26)4-5-10(17)21/h8-9,13H,3-7,16H2,1-2H3,(H2,17,21)(H,18,22)(H,19,24)(H,20,23)(H,25,26). The van der Waals surface area contributed by atoms with Crippen molar-refractivity contribution in [3.63, 3.8) is 0 Å². The van der Waals surface area contributed by atoms with Crippen LogP contribution in [0.3, 0.4) is 0 Å². The second-order valence-corrected chi connectivity index (χ2v) is 5.82. The van der Waals surface area contributed by atoms with Crippen molar-refractivity contribution in [1.82, 2.24) is 16.0 Å². The summed E-state index contributed by atoms with van der Waals surface area (Å²) in [6, 6.07) is -2.31. The van der Waals surface area contributed by atoms with Crippen molar-refractivity contribution >= 4 is 29.6 Å². The number of carboxylic acids is 1. The van der Waals surface area contributed by atoms with Gasteiger partial charge in [0.1, 0.15) is 12.1 Å². The SMILES string of the molecule is CCC(C)C(NC(=O)CNC(=O)CN)C(=O)NC(CCC(N)=O)C(=O)O. The maximum Gasteiger partial charge on any atom is 0.326 e. The highest BCUT2D eigenvalue weighted by atomic mass is 16.4. The van der Waals surface area contributed by atoms with E-state index in [9.17, 15) is 24.0 Å². The molecule has 8 N–H and O–H groups in total. The summed E-state index contributed by atoms with van der Waals surface area (Å²) in [6.45, 7) is 2.88. The van der Waals surface area contributed by atoms with Gasteiger partial charge in [0, 0.05) is 6.42 Å². The van der Waals surface area contributed by atoms with Crippen LogP contribution in [0.1, 0.15) is 33.1 Å². The first kappa shape index (κ1) is 23.3.